The van der Waals surface area contributed by atoms with Crippen molar-refractivity contribution >= 4 is 18.2 Å². The van der Waals surface area contributed by atoms with Gasteiger partial charge in [0, 0.05) is 24.2 Å². The molecule has 1 saturated heterocycles. The molecule has 0 saturated carbocycles. The van der Waals surface area contributed by atoms with E-state index in [1.807, 2.05) is 25.1 Å². The number of carbonyl (C=O) groups excluding carboxylic acids is 1. The fourth-order valence-corrected chi connectivity index (χ4v) is 2.89. The van der Waals surface area contributed by atoms with Crippen molar-refractivity contribution in [3.63, 3.8) is 0 Å². The molecule has 0 aromatic heterocycles. The molecule has 5 heteroatoms. The SMILES string of the molecule is CCOc1ccc(C(C)=O)cc1CN1CCC(C)(CN)C1.Cl. The second-order valence-corrected chi connectivity index (χ2v) is 6.29. The van der Waals surface area contributed by atoms with E-state index in [1.54, 1.807) is 6.92 Å². The molecule has 0 aliphatic carbocycles. The Balaban J connectivity index is 0.00000242. The molecule has 1 aliphatic rings. The van der Waals surface area contributed by atoms with E-state index in [1.165, 1.54) is 0 Å². The third-order valence-electron chi connectivity index (χ3n) is 4.29. The highest BCUT2D eigenvalue weighted by Gasteiger charge is 2.32. The first-order valence-electron chi connectivity index (χ1n) is 7.66. The number of hydrogen-bond acceptors (Lipinski definition) is 4. The number of carbonyl (C=O) groups is 1. The molecule has 22 heavy (non-hydrogen) atoms. The van der Waals surface area contributed by atoms with E-state index in [4.69, 9.17) is 10.5 Å². The van der Waals surface area contributed by atoms with E-state index in [0.717, 1.165) is 49.5 Å². The normalized spacial score (nSPS) is 21.5. The Bertz CT molecular complexity index is 521. The summed E-state index contributed by atoms with van der Waals surface area (Å²) < 4.78 is 5.70. The van der Waals surface area contributed by atoms with Gasteiger partial charge in [-0.05, 0) is 57.0 Å². The second-order valence-electron chi connectivity index (χ2n) is 6.29. The molecule has 4 nitrogen and oxygen atoms in total. The molecule has 1 atom stereocenters. The fourth-order valence-electron chi connectivity index (χ4n) is 2.89. The number of rotatable bonds is 6. The minimum absolute atomic E-state index is 0. The summed E-state index contributed by atoms with van der Waals surface area (Å²) in [5.41, 5.74) is 7.91. The number of halogens is 1. The largest absolute Gasteiger partial charge is 0.494 e. The van der Waals surface area contributed by atoms with Crippen molar-refractivity contribution in [2.24, 2.45) is 11.1 Å². The standard InChI is InChI=1S/C17H26N2O2.ClH/c1-4-21-16-6-5-14(13(2)20)9-15(16)10-19-8-7-17(3,11-18)12-19;/h5-6,9H,4,7-8,10-12,18H2,1-3H3;1H. The Morgan fingerprint density at radius 3 is 2.73 bits per heavy atom. The summed E-state index contributed by atoms with van der Waals surface area (Å²) in [5.74, 6) is 0.969. The molecule has 1 fully saturated rings. The number of ketones is 1. The molecule has 0 radical (unpaired) electrons. The van der Waals surface area contributed by atoms with Gasteiger partial charge in [-0.3, -0.25) is 9.69 Å². The number of Topliss-reactive ketones (excluding diaryl/α,β-unsaturated/α-hetero) is 1. The van der Waals surface area contributed by atoms with Crippen LogP contribution in [0.5, 0.6) is 5.75 Å². The lowest BCUT2D eigenvalue weighted by Gasteiger charge is -2.23. The highest BCUT2D eigenvalue weighted by atomic mass is 35.5. The second kappa shape index (κ2) is 7.95. The molecule has 0 amide bonds. The van der Waals surface area contributed by atoms with Crippen LogP contribution in [0.3, 0.4) is 0 Å². The summed E-state index contributed by atoms with van der Waals surface area (Å²) in [4.78, 5) is 14.0. The van der Waals surface area contributed by atoms with Gasteiger partial charge in [0.05, 0.1) is 6.61 Å². The predicted molar refractivity (Wildman–Crippen MR) is 91.9 cm³/mol. The van der Waals surface area contributed by atoms with Crippen LogP contribution in [-0.4, -0.2) is 36.9 Å². The van der Waals surface area contributed by atoms with Crippen LogP contribution in [0.15, 0.2) is 18.2 Å². The molecule has 0 bridgehead atoms. The van der Waals surface area contributed by atoms with Gasteiger partial charge in [0.2, 0.25) is 0 Å². The smallest absolute Gasteiger partial charge is 0.159 e. The molecule has 1 aliphatic heterocycles. The van der Waals surface area contributed by atoms with Gasteiger partial charge in [-0.1, -0.05) is 6.92 Å². The summed E-state index contributed by atoms with van der Waals surface area (Å²) in [6.07, 6.45) is 1.12. The van der Waals surface area contributed by atoms with Crippen LogP contribution in [0.25, 0.3) is 0 Å². The molecule has 1 aromatic carbocycles. The fraction of sp³-hybridized carbons (Fsp3) is 0.588. The van der Waals surface area contributed by atoms with Crippen molar-refractivity contribution < 1.29 is 9.53 Å². The number of hydrogen-bond donors (Lipinski definition) is 1. The Hall–Kier alpha value is -1.10. The lowest BCUT2D eigenvalue weighted by molar-refractivity contribution is 0.101. The molecular weight excluding hydrogens is 300 g/mol. The third-order valence-corrected chi connectivity index (χ3v) is 4.29. The van der Waals surface area contributed by atoms with Crippen LogP contribution in [0.4, 0.5) is 0 Å². The van der Waals surface area contributed by atoms with Gasteiger partial charge in [0.25, 0.3) is 0 Å². The molecular formula is C17H27ClN2O2. The molecule has 0 spiro atoms. The maximum absolute atomic E-state index is 11.6. The maximum Gasteiger partial charge on any atom is 0.159 e. The van der Waals surface area contributed by atoms with Crippen molar-refractivity contribution in [1.29, 1.82) is 0 Å². The maximum atomic E-state index is 11.6. The van der Waals surface area contributed by atoms with Gasteiger partial charge < -0.3 is 10.5 Å². The zero-order chi connectivity index (χ0) is 15.5. The van der Waals surface area contributed by atoms with E-state index < -0.39 is 0 Å². The van der Waals surface area contributed by atoms with E-state index in [0.29, 0.717) is 6.61 Å². The summed E-state index contributed by atoms with van der Waals surface area (Å²) in [5, 5.41) is 0. The van der Waals surface area contributed by atoms with Crippen molar-refractivity contribution in [2.45, 2.75) is 33.7 Å². The number of likely N-dealkylation sites (tertiary alicyclic amines) is 1. The Morgan fingerprint density at radius 1 is 1.45 bits per heavy atom. The van der Waals surface area contributed by atoms with Gasteiger partial charge in [0.1, 0.15) is 5.75 Å². The van der Waals surface area contributed by atoms with Crippen LogP contribution in [0.2, 0.25) is 0 Å². The van der Waals surface area contributed by atoms with Gasteiger partial charge in [-0.2, -0.15) is 0 Å². The molecule has 2 N–H and O–H groups in total. The lowest BCUT2D eigenvalue weighted by Crippen LogP contribution is -2.31. The summed E-state index contributed by atoms with van der Waals surface area (Å²) >= 11 is 0. The van der Waals surface area contributed by atoms with Gasteiger partial charge in [-0.15, -0.1) is 12.4 Å². The molecule has 124 valence electrons. The molecule has 1 heterocycles. The highest BCUT2D eigenvalue weighted by Crippen LogP contribution is 2.31. The van der Waals surface area contributed by atoms with E-state index in [2.05, 4.69) is 11.8 Å². The number of benzene rings is 1. The summed E-state index contributed by atoms with van der Waals surface area (Å²) in [6, 6.07) is 5.71. The Kier molecular flexibility index (Phi) is 6.85. The first kappa shape index (κ1) is 18.9. The van der Waals surface area contributed by atoms with E-state index in [9.17, 15) is 4.79 Å². The first-order valence-corrected chi connectivity index (χ1v) is 7.66. The molecule has 1 unspecified atom stereocenters. The topological polar surface area (TPSA) is 55.6 Å². The Labute approximate surface area is 139 Å². The monoisotopic (exact) mass is 326 g/mol. The van der Waals surface area contributed by atoms with Gasteiger partial charge in [0.15, 0.2) is 5.78 Å². The predicted octanol–water partition coefficient (Wildman–Crippen LogP) is 2.88. The van der Waals surface area contributed by atoms with Crippen LogP contribution in [0, 0.1) is 5.41 Å². The highest BCUT2D eigenvalue weighted by molar-refractivity contribution is 5.94. The van der Waals surface area contributed by atoms with Crippen LogP contribution >= 0.6 is 12.4 Å². The van der Waals surface area contributed by atoms with Crippen molar-refractivity contribution in [3.8, 4) is 5.75 Å². The van der Waals surface area contributed by atoms with Gasteiger partial charge in [-0.25, -0.2) is 0 Å². The quantitative estimate of drug-likeness (QED) is 0.817. The number of ether oxygens (including phenoxy) is 1. The summed E-state index contributed by atoms with van der Waals surface area (Å²) in [6.45, 7) is 10.0. The Morgan fingerprint density at radius 2 is 2.18 bits per heavy atom. The van der Waals surface area contributed by atoms with E-state index >= 15 is 0 Å². The van der Waals surface area contributed by atoms with Crippen LogP contribution < -0.4 is 10.5 Å². The van der Waals surface area contributed by atoms with Crippen LogP contribution in [-0.2, 0) is 6.54 Å². The van der Waals surface area contributed by atoms with Crippen LogP contribution in [0.1, 0.15) is 43.1 Å². The van der Waals surface area contributed by atoms with Crippen molar-refractivity contribution in [1.82, 2.24) is 4.90 Å². The van der Waals surface area contributed by atoms with Crippen molar-refractivity contribution in [3.05, 3.63) is 29.3 Å². The van der Waals surface area contributed by atoms with Gasteiger partial charge >= 0.3 is 0 Å². The average molecular weight is 327 g/mol. The number of nitrogens with zero attached hydrogens (tertiary/aromatic N) is 1. The molecule has 1 aromatic rings. The average Bonchev–Trinajstić information content (AvgIpc) is 2.83. The first-order chi connectivity index (χ1) is 9.97. The summed E-state index contributed by atoms with van der Waals surface area (Å²) in [7, 11) is 0. The van der Waals surface area contributed by atoms with Crippen molar-refractivity contribution in [2.75, 3.05) is 26.2 Å². The lowest BCUT2D eigenvalue weighted by atomic mass is 9.90. The number of nitrogens with two attached hydrogens (primary N) is 1. The minimum Gasteiger partial charge on any atom is -0.494 e. The minimum atomic E-state index is 0. The third kappa shape index (κ3) is 4.45. The van der Waals surface area contributed by atoms with E-state index in [-0.39, 0.29) is 23.6 Å². The zero-order valence-corrected chi connectivity index (χ0v) is 14.5. The zero-order valence-electron chi connectivity index (χ0n) is 13.7. The molecule has 2 rings (SSSR count).